The minimum absolute atomic E-state index is 0.0417. The maximum Gasteiger partial charge on any atom is 0.253 e. The molecule has 1 N–H and O–H groups in total. The number of hydrogen-bond acceptors (Lipinski definition) is 9. The van der Waals surface area contributed by atoms with E-state index in [1.54, 1.807) is 48.9 Å². The molecular weight excluding hydrogens is 638 g/mol. The SMILES string of the molecule is CCN(CC)S(=O)(=O)c1ccc(C(=O)NCc2nnc(SCC(=O)N3N=C(c4cccs4)C[C@@H]3c3ccc(F)cc3)n2C)cc1. The second-order valence-electron chi connectivity index (χ2n) is 10.1. The van der Waals surface area contributed by atoms with Crippen LogP contribution in [0.15, 0.2) is 81.2 Å². The van der Waals surface area contributed by atoms with Crippen molar-refractivity contribution < 1.29 is 22.4 Å². The third kappa shape index (κ3) is 7.16. The van der Waals surface area contributed by atoms with Gasteiger partial charge in [0, 0.05) is 32.1 Å². The highest BCUT2D eigenvalue weighted by Gasteiger charge is 2.33. The topological polar surface area (TPSA) is 130 Å². The van der Waals surface area contributed by atoms with Crippen molar-refractivity contribution in [2.24, 2.45) is 12.1 Å². The number of benzene rings is 2. The highest BCUT2D eigenvalue weighted by atomic mass is 32.2. The van der Waals surface area contributed by atoms with Crippen LogP contribution in [0.5, 0.6) is 0 Å². The Kier molecular flexibility index (Phi) is 10.1. The molecule has 1 aliphatic rings. The van der Waals surface area contributed by atoms with Crippen LogP contribution in [0.3, 0.4) is 0 Å². The summed E-state index contributed by atoms with van der Waals surface area (Å²) in [5.74, 6) is -0.458. The highest BCUT2D eigenvalue weighted by molar-refractivity contribution is 7.99. The Hall–Kier alpha value is -3.92. The molecule has 236 valence electrons. The third-order valence-corrected chi connectivity index (χ3v) is 11.3. The summed E-state index contributed by atoms with van der Waals surface area (Å²) in [6, 6.07) is 15.4. The first-order valence-electron chi connectivity index (χ1n) is 14.2. The molecule has 2 aromatic carbocycles. The molecule has 1 atom stereocenters. The zero-order valence-electron chi connectivity index (χ0n) is 24.9. The van der Waals surface area contributed by atoms with E-state index in [-0.39, 0.29) is 35.0 Å². The predicted octanol–water partition coefficient (Wildman–Crippen LogP) is 4.45. The van der Waals surface area contributed by atoms with E-state index in [0.29, 0.717) is 36.1 Å². The molecule has 0 aliphatic carbocycles. The lowest BCUT2D eigenvalue weighted by Crippen LogP contribution is -2.30. The van der Waals surface area contributed by atoms with Gasteiger partial charge in [0.05, 0.1) is 33.8 Å². The van der Waals surface area contributed by atoms with Gasteiger partial charge in [0.15, 0.2) is 11.0 Å². The van der Waals surface area contributed by atoms with Gasteiger partial charge in [-0.15, -0.1) is 21.5 Å². The second kappa shape index (κ2) is 14.0. The Morgan fingerprint density at radius 1 is 1.07 bits per heavy atom. The van der Waals surface area contributed by atoms with Crippen molar-refractivity contribution in [1.82, 2.24) is 29.4 Å². The largest absolute Gasteiger partial charge is 0.345 e. The number of amides is 2. The first kappa shape index (κ1) is 32.5. The molecule has 5 rings (SSSR count). The Morgan fingerprint density at radius 3 is 2.42 bits per heavy atom. The monoisotopic (exact) mass is 669 g/mol. The number of carbonyl (C=O) groups excluding carboxylic acids is 2. The number of rotatable bonds is 12. The van der Waals surface area contributed by atoms with Crippen LogP contribution < -0.4 is 5.32 Å². The Bertz CT molecular complexity index is 1790. The van der Waals surface area contributed by atoms with Gasteiger partial charge in [0.25, 0.3) is 11.8 Å². The lowest BCUT2D eigenvalue weighted by Gasteiger charge is -2.21. The van der Waals surface area contributed by atoms with Gasteiger partial charge in [-0.05, 0) is 53.4 Å². The fourth-order valence-electron chi connectivity index (χ4n) is 4.85. The highest BCUT2D eigenvalue weighted by Crippen LogP contribution is 2.34. The van der Waals surface area contributed by atoms with E-state index >= 15 is 0 Å². The summed E-state index contributed by atoms with van der Waals surface area (Å²) in [4.78, 5) is 27.3. The molecule has 0 unspecified atom stereocenters. The molecule has 2 aromatic heterocycles. The minimum Gasteiger partial charge on any atom is -0.345 e. The van der Waals surface area contributed by atoms with Crippen molar-refractivity contribution in [3.05, 3.63) is 93.7 Å². The summed E-state index contributed by atoms with van der Waals surface area (Å²) >= 11 is 2.75. The normalized spacial score (nSPS) is 15.0. The van der Waals surface area contributed by atoms with Gasteiger partial charge in [-0.25, -0.2) is 17.8 Å². The average Bonchev–Trinajstić information content (AvgIpc) is 3.80. The molecule has 3 heterocycles. The number of halogens is 1. The number of nitrogens with zero attached hydrogens (tertiary/aromatic N) is 6. The van der Waals surface area contributed by atoms with E-state index in [4.69, 9.17) is 0 Å². The lowest BCUT2D eigenvalue weighted by molar-refractivity contribution is -0.130. The Balaban J connectivity index is 1.20. The van der Waals surface area contributed by atoms with Crippen molar-refractivity contribution in [2.45, 2.75) is 42.9 Å². The van der Waals surface area contributed by atoms with Gasteiger partial charge >= 0.3 is 0 Å². The van der Waals surface area contributed by atoms with E-state index in [1.807, 2.05) is 17.5 Å². The summed E-state index contributed by atoms with van der Waals surface area (Å²) in [7, 11) is -1.88. The number of thioether (sulfide) groups is 1. The quantitative estimate of drug-likeness (QED) is 0.221. The van der Waals surface area contributed by atoms with Crippen LogP contribution in [0.1, 0.15) is 52.9 Å². The van der Waals surface area contributed by atoms with E-state index < -0.39 is 15.9 Å². The summed E-state index contributed by atoms with van der Waals surface area (Å²) in [6.45, 7) is 4.32. The van der Waals surface area contributed by atoms with Crippen molar-refractivity contribution in [3.8, 4) is 0 Å². The van der Waals surface area contributed by atoms with Crippen LogP contribution in [-0.4, -0.2) is 68.9 Å². The van der Waals surface area contributed by atoms with Crippen LogP contribution in [0.25, 0.3) is 0 Å². The minimum atomic E-state index is -3.62. The molecule has 15 heteroatoms. The third-order valence-electron chi connectivity index (χ3n) is 7.34. The van der Waals surface area contributed by atoms with Gasteiger partial charge in [0.1, 0.15) is 5.82 Å². The van der Waals surface area contributed by atoms with Crippen molar-refractivity contribution in [2.75, 3.05) is 18.8 Å². The first-order valence-corrected chi connectivity index (χ1v) is 17.5. The Morgan fingerprint density at radius 2 is 1.78 bits per heavy atom. The van der Waals surface area contributed by atoms with Gasteiger partial charge in [0.2, 0.25) is 10.0 Å². The number of aromatic nitrogens is 3. The summed E-state index contributed by atoms with van der Waals surface area (Å²) < 4.78 is 42.1. The number of hydrogen-bond donors (Lipinski definition) is 1. The zero-order chi connectivity index (χ0) is 32.1. The number of carbonyl (C=O) groups is 2. The number of sulfonamides is 1. The molecule has 0 bridgehead atoms. The first-order chi connectivity index (χ1) is 21.6. The molecule has 2 amide bonds. The molecular formula is C30H32FN7O4S3. The Labute approximate surface area is 269 Å². The summed E-state index contributed by atoms with van der Waals surface area (Å²) in [5.41, 5.74) is 1.90. The second-order valence-corrected chi connectivity index (χ2v) is 13.9. The van der Waals surface area contributed by atoms with Crippen LogP contribution in [-0.2, 0) is 28.4 Å². The van der Waals surface area contributed by atoms with E-state index in [1.165, 1.54) is 57.5 Å². The van der Waals surface area contributed by atoms with Gasteiger partial charge in [-0.3, -0.25) is 9.59 Å². The molecule has 0 saturated heterocycles. The van der Waals surface area contributed by atoms with E-state index in [0.717, 1.165) is 16.2 Å². The fraction of sp³-hybridized carbons (Fsp3) is 0.300. The smallest absolute Gasteiger partial charge is 0.253 e. The van der Waals surface area contributed by atoms with E-state index in [9.17, 15) is 22.4 Å². The molecule has 0 saturated carbocycles. The fourth-order valence-corrected chi connectivity index (χ4v) is 7.81. The van der Waals surface area contributed by atoms with Crippen LogP contribution in [0.4, 0.5) is 4.39 Å². The van der Waals surface area contributed by atoms with Crippen LogP contribution >= 0.6 is 23.1 Å². The number of thiophene rings is 1. The van der Waals surface area contributed by atoms with E-state index in [2.05, 4.69) is 20.6 Å². The molecule has 0 fully saturated rings. The molecule has 1 aliphatic heterocycles. The van der Waals surface area contributed by atoms with Gasteiger partial charge in [-0.2, -0.15) is 9.41 Å². The van der Waals surface area contributed by atoms with Crippen molar-refractivity contribution in [3.63, 3.8) is 0 Å². The van der Waals surface area contributed by atoms with Crippen molar-refractivity contribution in [1.29, 1.82) is 0 Å². The maximum absolute atomic E-state index is 13.6. The molecule has 11 nitrogen and oxygen atoms in total. The van der Waals surface area contributed by atoms with Gasteiger partial charge < -0.3 is 9.88 Å². The molecule has 45 heavy (non-hydrogen) atoms. The summed E-state index contributed by atoms with van der Waals surface area (Å²) in [5, 5.41) is 19.7. The number of nitrogens with one attached hydrogen (secondary N) is 1. The standard InChI is InChI=1S/C30H32FN7O4S3/c1-4-37(5-2)45(41,42)23-14-10-21(11-15-23)29(40)32-18-27-33-34-30(36(27)3)44-19-28(39)38-25(20-8-12-22(31)13-9-20)17-24(35-38)26-7-6-16-43-26/h6-16,25H,4-5,17-19H2,1-3H3,(H,32,40)/t25-/m1/s1. The maximum atomic E-state index is 13.6. The van der Waals surface area contributed by atoms with Crippen molar-refractivity contribution >= 4 is 50.6 Å². The molecule has 0 radical (unpaired) electrons. The zero-order valence-corrected chi connectivity index (χ0v) is 27.3. The molecule has 0 spiro atoms. The van der Waals surface area contributed by atoms with Crippen LogP contribution in [0.2, 0.25) is 0 Å². The number of hydrazone groups is 1. The average molecular weight is 670 g/mol. The predicted molar refractivity (Wildman–Crippen MR) is 171 cm³/mol. The van der Waals surface area contributed by atoms with Crippen LogP contribution in [0, 0.1) is 5.82 Å². The summed E-state index contributed by atoms with van der Waals surface area (Å²) in [6.07, 6.45) is 0.519. The van der Waals surface area contributed by atoms with Gasteiger partial charge in [-0.1, -0.05) is 43.8 Å². The molecule has 4 aromatic rings. The lowest BCUT2D eigenvalue weighted by atomic mass is 10.0.